The summed E-state index contributed by atoms with van der Waals surface area (Å²) in [4.78, 5) is 14.8. The van der Waals surface area contributed by atoms with Gasteiger partial charge in [0.25, 0.3) is 0 Å². The third-order valence-electron chi connectivity index (χ3n) is 4.70. The minimum atomic E-state index is -0.152. The number of amides is 1. The third-order valence-corrected chi connectivity index (χ3v) is 4.70. The molecule has 0 aromatic heterocycles. The number of hydrogen-bond donors (Lipinski definition) is 2. The lowest BCUT2D eigenvalue weighted by molar-refractivity contribution is -0.131. The van der Waals surface area contributed by atoms with Gasteiger partial charge in [-0.2, -0.15) is 0 Å². The number of nitrogens with one attached hydrogen (secondary N) is 2. The Morgan fingerprint density at radius 2 is 1.95 bits per heavy atom. The molecule has 2 N–H and O–H groups in total. The Hall–Kier alpha value is -1.71. The van der Waals surface area contributed by atoms with Gasteiger partial charge in [-0.25, -0.2) is 0 Å². The van der Waals surface area contributed by atoms with Gasteiger partial charge in [0.15, 0.2) is 0 Å². The van der Waals surface area contributed by atoms with Crippen molar-refractivity contribution in [2.24, 2.45) is 5.41 Å². The molecule has 21 heavy (non-hydrogen) atoms. The van der Waals surface area contributed by atoms with Gasteiger partial charge >= 0.3 is 0 Å². The fourth-order valence-corrected chi connectivity index (χ4v) is 3.23. The highest BCUT2D eigenvalue weighted by Gasteiger charge is 2.30. The van der Waals surface area contributed by atoms with Crippen LogP contribution in [0.15, 0.2) is 24.3 Å². The van der Waals surface area contributed by atoms with Gasteiger partial charge in [-0.3, -0.25) is 4.79 Å². The normalized spacial score (nSPS) is 24.3. The lowest BCUT2D eigenvalue weighted by atomic mass is 9.85. The molecule has 1 saturated heterocycles. The van der Waals surface area contributed by atoms with Crippen molar-refractivity contribution in [1.29, 1.82) is 0 Å². The van der Waals surface area contributed by atoms with Crippen molar-refractivity contribution in [2.75, 3.05) is 30.3 Å². The van der Waals surface area contributed by atoms with Gasteiger partial charge in [0.2, 0.25) is 5.91 Å². The first-order valence-electron chi connectivity index (χ1n) is 7.93. The van der Waals surface area contributed by atoms with E-state index < -0.39 is 0 Å². The van der Waals surface area contributed by atoms with E-state index >= 15 is 0 Å². The Kier molecular flexibility index (Phi) is 3.79. The number of hydrogen-bond acceptors (Lipinski definition) is 3. The zero-order chi connectivity index (χ0) is 14.9. The molecule has 0 saturated carbocycles. The molecule has 4 heteroatoms. The lowest BCUT2D eigenvalue weighted by Gasteiger charge is -2.32. The van der Waals surface area contributed by atoms with Gasteiger partial charge in [-0.1, -0.05) is 26.0 Å². The van der Waals surface area contributed by atoms with Crippen LogP contribution >= 0.6 is 0 Å². The van der Waals surface area contributed by atoms with Gasteiger partial charge in [0.1, 0.15) is 6.04 Å². The van der Waals surface area contributed by atoms with Crippen LogP contribution in [-0.2, 0) is 4.79 Å². The maximum absolute atomic E-state index is 12.8. The van der Waals surface area contributed by atoms with Crippen LogP contribution in [0.3, 0.4) is 0 Å². The molecule has 1 unspecified atom stereocenters. The Bertz CT molecular complexity index is 527. The number of carbonyl (C=O) groups excluding carboxylic acids is 1. The summed E-state index contributed by atoms with van der Waals surface area (Å²) in [7, 11) is 0. The molecule has 1 atom stereocenters. The van der Waals surface area contributed by atoms with Gasteiger partial charge in [-0.05, 0) is 36.8 Å². The highest BCUT2D eigenvalue weighted by molar-refractivity contribution is 5.88. The van der Waals surface area contributed by atoms with E-state index in [9.17, 15) is 4.79 Å². The second-order valence-electron chi connectivity index (χ2n) is 6.97. The van der Waals surface area contributed by atoms with Crippen molar-refractivity contribution in [1.82, 2.24) is 4.90 Å². The van der Waals surface area contributed by atoms with Crippen molar-refractivity contribution in [2.45, 2.75) is 39.2 Å². The van der Waals surface area contributed by atoms with Crippen molar-refractivity contribution < 1.29 is 4.79 Å². The Morgan fingerprint density at radius 3 is 2.76 bits per heavy atom. The van der Waals surface area contributed by atoms with Gasteiger partial charge < -0.3 is 15.5 Å². The van der Waals surface area contributed by atoms with Gasteiger partial charge in [0, 0.05) is 19.6 Å². The van der Waals surface area contributed by atoms with E-state index in [2.05, 4.69) is 24.5 Å². The maximum atomic E-state index is 12.8. The third kappa shape index (κ3) is 3.14. The Labute approximate surface area is 126 Å². The van der Waals surface area contributed by atoms with E-state index in [1.807, 2.05) is 29.2 Å². The van der Waals surface area contributed by atoms with Gasteiger partial charge in [-0.15, -0.1) is 0 Å². The first-order chi connectivity index (χ1) is 10.1. The van der Waals surface area contributed by atoms with Crippen molar-refractivity contribution in [3.8, 4) is 0 Å². The molecule has 0 bridgehead atoms. The van der Waals surface area contributed by atoms with E-state index in [1.54, 1.807) is 0 Å². The van der Waals surface area contributed by atoms with Crippen LogP contribution < -0.4 is 10.6 Å². The molecule has 4 nitrogen and oxygen atoms in total. The molecule has 0 radical (unpaired) electrons. The lowest BCUT2D eigenvalue weighted by Crippen LogP contribution is -2.48. The summed E-state index contributed by atoms with van der Waals surface area (Å²) in [6, 6.07) is 7.91. The summed E-state index contributed by atoms with van der Waals surface area (Å²) in [6.45, 7) is 7.04. The second kappa shape index (κ2) is 5.58. The molecule has 114 valence electrons. The number of nitrogens with zero attached hydrogens (tertiary/aromatic N) is 1. The van der Waals surface area contributed by atoms with E-state index in [1.165, 1.54) is 6.42 Å². The van der Waals surface area contributed by atoms with Crippen LogP contribution in [0.5, 0.6) is 0 Å². The molecule has 2 heterocycles. The highest BCUT2D eigenvalue weighted by atomic mass is 16.2. The summed E-state index contributed by atoms with van der Waals surface area (Å²) in [5.74, 6) is 0.231. The number of fused-ring (bicyclic) bond motifs is 1. The molecular weight excluding hydrogens is 262 g/mol. The smallest absolute Gasteiger partial charge is 0.246 e. The van der Waals surface area contributed by atoms with Crippen LogP contribution in [0.25, 0.3) is 0 Å². The quantitative estimate of drug-likeness (QED) is 0.834. The summed E-state index contributed by atoms with van der Waals surface area (Å²) in [6.07, 6.45) is 3.40. The molecule has 2 aliphatic heterocycles. The number of likely N-dealkylation sites (tertiary alicyclic amines) is 1. The summed E-state index contributed by atoms with van der Waals surface area (Å²) in [5.41, 5.74) is 2.47. The largest absolute Gasteiger partial charge is 0.381 e. The molecular formula is C17H25N3O. The van der Waals surface area contributed by atoms with Gasteiger partial charge in [0.05, 0.1) is 11.4 Å². The predicted octanol–water partition coefficient (Wildman–Crippen LogP) is 2.93. The van der Waals surface area contributed by atoms with Crippen molar-refractivity contribution in [3.05, 3.63) is 24.3 Å². The van der Waals surface area contributed by atoms with Crippen molar-refractivity contribution in [3.63, 3.8) is 0 Å². The monoisotopic (exact) mass is 287 g/mol. The maximum Gasteiger partial charge on any atom is 0.246 e. The average Bonchev–Trinajstić information content (AvgIpc) is 2.67. The Balaban J connectivity index is 1.66. The minimum Gasteiger partial charge on any atom is -0.381 e. The molecule has 0 aliphatic carbocycles. The minimum absolute atomic E-state index is 0.152. The van der Waals surface area contributed by atoms with Crippen LogP contribution in [-0.4, -0.2) is 36.5 Å². The topological polar surface area (TPSA) is 44.4 Å². The predicted molar refractivity (Wildman–Crippen MR) is 86.6 cm³/mol. The highest BCUT2D eigenvalue weighted by Crippen LogP contribution is 2.31. The van der Waals surface area contributed by atoms with E-state index in [-0.39, 0.29) is 11.9 Å². The van der Waals surface area contributed by atoms with Crippen LogP contribution in [0, 0.1) is 5.41 Å². The fourth-order valence-electron chi connectivity index (χ4n) is 3.23. The van der Waals surface area contributed by atoms with E-state index in [4.69, 9.17) is 0 Å². The number of carbonyl (C=O) groups is 1. The molecule has 1 amide bonds. The van der Waals surface area contributed by atoms with E-state index in [0.29, 0.717) is 12.0 Å². The summed E-state index contributed by atoms with van der Waals surface area (Å²) < 4.78 is 0. The molecule has 1 aromatic rings. The fraction of sp³-hybridized carbons (Fsp3) is 0.588. The standard InChI is InChI=1S/C17H25N3O/c1-17(2)8-5-10-20(11-9-17)16(21)15-12-18-13-6-3-4-7-14(13)19-15/h3-4,6-7,15,18-19H,5,8-12H2,1-2H3. The zero-order valence-electron chi connectivity index (χ0n) is 13.0. The van der Waals surface area contributed by atoms with Crippen molar-refractivity contribution >= 4 is 17.3 Å². The number of rotatable bonds is 1. The number of para-hydroxylation sites is 2. The molecule has 0 spiro atoms. The first kappa shape index (κ1) is 14.2. The average molecular weight is 287 g/mol. The SMILES string of the molecule is CC1(C)CCCN(C(=O)C2CNc3ccccc3N2)CC1. The molecule has 3 rings (SSSR count). The summed E-state index contributed by atoms with van der Waals surface area (Å²) >= 11 is 0. The Morgan fingerprint density at radius 1 is 1.19 bits per heavy atom. The van der Waals surface area contributed by atoms with E-state index in [0.717, 1.165) is 37.3 Å². The molecule has 1 fully saturated rings. The summed E-state index contributed by atoms with van der Waals surface area (Å²) in [5, 5.41) is 6.74. The van der Waals surface area contributed by atoms with Crippen LogP contribution in [0.2, 0.25) is 0 Å². The van der Waals surface area contributed by atoms with Crippen LogP contribution in [0.4, 0.5) is 11.4 Å². The first-order valence-corrected chi connectivity index (χ1v) is 7.93. The number of anilines is 2. The second-order valence-corrected chi connectivity index (χ2v) is 6.97. The zero-order valence-corrected chi connectivity index (χ0v) is 13.0. The number of benzene rings is 1. The molecule has 2 aliphatic rings. The molecule has 1 aromatic carbocycles. The van der Waals surface area contributed by atoms with Crippen LogP contribution in [0.1, 0.15) is 33.1 Å².